The van der Waals surface area contributed by atoms with Crippen LogP contribution in [0.4, 0.5) is 0 Å². The number of phenolic OH excluding ortho intramolecular Hbond substituents is 2. The number of allylic oxidation sites excluding steroid dienone is 2. The van der Waals surface area contributed by atoms with Crippen molar-refractivity contribution in [2.45, 2.75) is 45.4 Å². The zero-order valence-electron chi connectivity index (χ0n) is 15.4. The molecule has 1 fully saturated rings. The number of hydrogen-bond acceptors (Lipinski definition) is 4. The first kappa shape index (κ1) is 17.6. The maximum absolute atomic E-state index is 12.9. The lowest BCUT2D eigenvalue weighted by atomic mass is 9.54. The summed E-state index contributed by atoms with van der Waals surface area (Å²) in [4.78, 5) is 12.9. The molecule has 1 saturated carbocycles. The molecule has 2 aliphatic rings. The average molecular weight is 342 g/mol. The number of hydrogen-bond donors (Lipinski definition) is 2. The van der Waals surface area contributed by atoms with Crippen molar-refractivity contribution in [2.24, 2.45) is 11.8 Å². The second kappa shape index (κ2) is 5.65. The average Bonchev–Trinajstić information content (AvgIpc) is 2.55. The minimum Gasteiger partial charge on any atom is -0.506 e. The van der Waals surface area contributed by atoms with Gasteiger partial charge in [0.25, 0.3) is 0 Å². The molecule has 3 rings (SSSR count). The van der Waals surface area contributed by atoms with Crippen LogP contribution in [0, 0.1) is 11.8 Å². The Morgan fingerprint density at radius 2 is 1.96 bits per heavy atom. The topological polar surface area (TPSA) is 66.8 Å². The molecule has 0 saturated heterocycles. The first-order valence-corrected chi connectivity index (χ1v) is 8.69. The standard InChI is InChI=1S/C21H26O4/c1-10(2)15-18(23)16-14(22)9-13-12(4)11(3)7-8-21(13,5)17(16)19(24)20(15)25-6/h11,13,23-24H,1,4,7-9H2,2-3,5-6H3/t11-,13+,21-/m0/s1. The normalized spacial score (nSPS) is 28.3. The van der Waals surface area contributed by atoms with Gasteiger partial charge in [0.1, 0.15) is 5.75 Å². The number of aromatic hydroxyl groups is 2. The van der Waals surface area contributed by atoms with E-state index in [0.29, 0.717) is 29.0 Å². The minimum atomic E-state index is -0.449. The number of phenols is 2. The molecule has 0 heterocycles. The molecule has 2 aliphatic carbocycles. The Morgan fingerprint density at radius 1 is 1.32 bits per heavy atom. The van der Waals surface area contributed by atoms with Crippen molar-refractivity contribution in [1.82, 2.24) is 0 Å². The van der Waals surface area contributed by atoms with Gasteiger partial charge in [0.05, 0.1) is 18.2 Å². The lowest BCUT2D eigenvalue weighted by molar-refractivity contribution is 0.0883. The zero-order chi connectivity index (χ0) is 18.7. The molecule has 1 aromatic carbocycles. The third-order valence-corrected chi connectivity index (χ3v) is 6.22. The van der Waals surface area contributed by atoms with Crippen molar-refractivity contribution in [3.8, 4) is 17.2 Å². The van der Waals surface area contributed by atoms with Crippen LogP contribution in [0.2, 0.25) is 0 Å². The summed E-state index contributed by atoms with van der Waals surface area (Å²) in [6.45, 7) is 14.0. The van der Waals surface area contributed by atoms with Crippen LogP contribution in [0.3, 0.4) is 0 Å². The van der Waals surface area contributed by atoms with Gasteiger partial charge in [-0.2, -0.15) is 0 Å². The Bertz CT molecular complexity index is 805. The molecule has 134 valence electrons. The van der Waals surface area contributed by atoms with E-state index in [-0.39, 0.29) is 34.5 Å². The van der Waals surface area contributed by atoms with Gasteiger partial charge in [-0.25, -0.2) is 0 Å². The molecule has 2 N–H and O–H groups in total. The van der Waals surface area contributed by atoms with E-state index in [1.54, 1.807) is 6.92 Å². The summed E-state index contributed by atoms with van der Waals surface area (Å²) >= 11 is 0. The highest BCUT2D eigenvalue weighted by Crippen LogP contribution is 2.60. The molecule has 1 aromatic rings. The summed E-state index contributed by atoms with van der Waals surface area (Å²) in [7, 11) is 1.44. The first-order chi connectivity index (χ1) is 11.6. The Balaban J connectivity index is 2.38. The van der Waals surface area contributed by atoms with Crippen LogP contribution < -0.4 is 4.74 Å². The molecule has 0 unspecified atom stereocenters. The van der Waals surface area contributed by atoms with Gasteiger partial charge in [-0.3, -0.25) is 4.79 Å². The van der Waals surface area contributed by atoms with Crippen molar-refractivity contribution >= 4 is 11.4 Å². The maximum Gasteiger partial charge on any atom is 0.172 e. The smallest absolute Gasteiger partial charge is 0.172 e. The SMILES string of the molecule is C=C(C)c1c(O)c2c(c(O)c1OC)[C@@]1(C)CC[C@H](C)C(=C)[C@H]1CC2=O. The van der Waals surface area contributed by atoms with E-state index in [9.17, 15) is 15.0 Å². The molecule has 4 heteroatoms. The van der Waals surface area contributed by atoms with Gasteiger partial charge in [0, 0.05) is 17.4 Å². The van der Waals surface area contributed by atoms with E-state index < -0.39 is 5.41 Å². The third kappa shape index (κ3) is 2.23. The predicted octanol–water partition coefficient (Wildman–Crippen LogP) is 4.59. The minimum absolute atomic E-state index is 0.0399. The number of fused-ring (bicyclic) bond motifs is 3. The van der Waals surface area contributed by atoms with Gasteiger partial charge in [0.2, 0.25) is 0 Å². The van der Waals surface area contributed by atoms with Crippen LogP contribution in [0.25, 0.3) is 5.57 Å². The molecule has 0 bridgehead atoms. The summed E-state index contributed by atoms with van der Waals surface area (Å²) in [6, 6.07) is 0. The Hall–Kier alpha value is -2.23. The van der Waals surface area contributed by atoms with Gasteiger partial charge < -0.3 is 14.9 Å². The summed E-state index contributed by atoms with van der Waals surface area (Å²) in [5.74, 6) is 0.136. The zero-order valence-corrected chi connectivity index (χ0v) is 15.4. The van der Waals surface area contributed by atoms with Gasteiger partial charge in [0.15, 0.2) is 17.3 Å². The van der Waals surface area contributed by atoms with Gasteiger partial charge in [-0.05, 0) is 37.2 Å². The number of rotatable bonds is 2. The third-order valence-electron chi connectivity index (χ3n) is 6.22. The second-order valence-corrected chi connectivity index (χ2v) is 7.75. The predicted molar refractivity (Wildman–Crippen MR) is 98.4 cm³/mol. The molecule has 3 atom stereocenters. The van der Waals surface area contributed by atoms with Crippen molar-refractivity contribution in [2.75, 3.05) is 7.11 Å². The number of benzene rings is 1. The molecular weight excluding hydrogens is 316 g/mol. The number of methoxy groups -OCH3 is 1. The van der Waals surface area contributed by atoms with Crippen LogP contribution in [-0.2, 0) is 5.41 Å². The number of carbonyl (C=O) groups excluding carboxylic acids is 1. The van der Waals surface area contributed by atoms with E-state index in [1.165, 1.54) is 7.11 Å². The number of ether oxygens (including phenoxy) is 1. The number of Topliss-reactive ketones (excluding diaryl/α,β-unsaturated/α-hetero) is 1. The van der Waals surface area contributed by atoms with Crippen molar-refractivity contribution in [1.29, 1.82) is 0 Å². The fraction of sp³-hybridized carbons (Fsp3) is 0.476. The van der Waals surface area contributed by atoms with E-state index in [4.69, 9.17) is 4.74 Å². The highest BCUT2D eigenvalue weighted by molar-refractivity contribution is 6.05. The molecule has 0 aromatic heterocycles. The number of carbonyl (C=O) groups is 1. The summed E-state index contributed by atoms with van der Waals surface area (Å²) in [5.41, 5.74) is 2.16. The van der Waals surface area contributed by atoms with Gasteiger partial charge in [-0.15, -0.1) is 0 Å². The number of ketones is 1. The van der Waals surface area contributed by atoms with Crippen LogP contribution in [0.1, 0.15) is 61.5 Å². The molecule has 0 radical (unpaired) electrons. The molecule has 25 heavy (non-hydrogen) atoms. The molecule has 4 nitrogen and oxygen atoms in total. The first-order valence-electron chi connectivity index (χ1n) is 8.69. The highest BCUT2D eigenvalue weighted by atomic mass is 16.5. The van der Waals surface area contributed by atoms with Crippen LogP contribution in [0.15, 0.2) is 18.7 Å². The lowest BCUT2D eigenvalue weighted by Gasteiger charge is -2.49. The summed E-state index contributed by atoms with van der Waals surface area (Å²) in [6.07, 6.45) is 2.06. The van der Waals surface area contributed by atoms with Gasteiger partial charge in [-0.1, -0.05) is 32.6 Å². The van der Waals surface area contributed by atoms with Crippen LogP contribution in [0.5, 0.6) is 17.2 Å². The van der Waals surface area contributed by atoms with Crippen molar-refractivity contribution < 1.29 is 19.7 Å². The molecule has 0 amide bonds. The quantitative estimate of drug-likeness (QED) is 0.609. The highest BCUT2D eigenvalue weighted by Gasteiger charge is 2.51. The van der Waals surface area contributed by atoms with Crippen LogP contribution >= 0.6 is 0 Å². The van der Waals surface area contributed by atoms with E-state index in [0.717, 1.165) is 18.4 Å². The van der Waals surface area contributed by atoms with Crippen molar-refractivity contribution in [3.63, 3.8) is 0 Å². The van der Waals surface area contributed by atoms with E-state index in [1.807, 2.05) is 0 Å². The Labute approximate surface area is 148 Å². The summed E-state index contributed by atoms with van der Waals surface area (Å²) < 4.78 is 5.39. The Morgan fingerprint density at radius 3 is 2.52 bits per heavy atom. The van der Waals surface area contributed by atoms with E-state index >= 15 is 0 Å². The van der Waals surface area contributed by atoms with Crippen LogP contribution in [-0.4, -0.2) is 23.1 Å². The van der Waals surface area contributed by atoms with Gasteiger partial charge >= 0.3 is 0 Å². The molecule has 0 spiro atoms. The Kier molecular flexibility index (Phi) is 3.98. The lowest BCUT2D eigenvalue weighted by Crippen LogP contribution is -2.44. The fourth-order valence-electron chi connectivity index (χ4n) is 4.70. The maximum atomic E-state index is 12.9. The second-order valence-electron chi connectivity index (χ2n) is 7.75. The largest absolute Gasteiger partial charge is 0.506 e. The van der Waals surface area contributed by atoms with Crippen molar-refractivity contribution in [3.05, 3.63) is 35.4 Å². The fourth-order valence-corrected chi connectivity index (χ4v) is 4.70. The molecular formula is C21H26O4. The molecule has 0 aliphatic heterocycles. The summed E-state index contributed by atoms with van der Waals surface area (Å²) in [5, 5.41) is 21.8. The monoisotopic (exact) mass is 342 g/mol. The van der Waals surface area contributed by atoms with E-state index in [2.05, 4.69) is 27.0 Å².